The highest BCUT2D eigenvalue weighted by molar-refractivity contribution is 7.99. The number of thiophene rings is 1. The van der Waals surface area contributed by atoms with Crippen molar-refractivity contribution in [2.24, 2.45) is 0 Å². The first-order valence-corrected chi connectivity index (χ1v) is 9.89. The quantitative estimate of drug-likeness (QED) is 0.594. The predicted molar refractivity (Wildman–Crippen MR) is 103 cm³/mol. The molecule has 130 valence electrons. The second-order valence-corrected chi connectivity index (χ2v) is 7.72. The molecule has 0 aliphatic heterocycles. The molecule has 0 atom stereocenters. The van der Waals surface area contributed by atoms with Gasteiger partial charge >= 0.3 is 0 Å². The van der Waals surface area contributed by atoms with Gasteiger partial charge in [0, 0.05) is 18.6 Å². The molecular formula is C17H17ClN4OS2. The third kappa shape index (κ3) is 4.42. The number of benzene rings is 1. The molecule has 2 aromatic heterocycles. The van der Waals surface area contributed by atoms with Crippen LogP contribution in [0.4, 0.5) is 0 Å². The lowest BCUT2D eigenvalue weighted by molar-refractivity contribution is -0.127. The zero-order valence-corrected chi connectivity index (χ0v) is 16.2. The molecule has 0 fully saturated rings. The van der Waals surface area contributed by atoms with Gasteiger partial charge in [0.05, 0.1) is 11.4 Å². The van der Waals surface area contributed by atoms with E-state index >= 15 is 0 Å². The summed E-state index contributed by atoms with van der Waals surface area (Å²) < 4.78 is 1.84. The Kier molecular flexibility index (Phi) is 5.78. The molecule has 0 aliphatic carbocycles. The van der Waals surface area contributed by atoms with Crippen molar-refractivity contribution in [3.8, 4) is 5.69 Å². The van der Waals surface area contributed by atoms with Gasteiger partial charge in [0.15, 0.2) is 5.16 Å². The van der Waals surface area contributed by atoms with Crippen molar-refractivity contribution in [1.29, 1.82) is 0 Å². The lowest BCUT2D eigenvalue weighted by atomic mass is 10.2. The van der Waals surface area contributed by atoms with E-state index in [4.69, 9.17) is 11.6 Å². The van der Waals surface area contributed by atoms with Crippen molar-refractivity contribution < 1.29 is 4.79 Å². The van der Waals surface area contributed by atoms with E-state index in [9.17, 15) is 4.79 Å². The highest BCUT2D eigenvalue weighted by atomic mass is 35.5. The Balaban J connectivity index is 1.65. The number of aryl methyl sites for hydroxylation is 1. The van der Waals surface area contributed by atoms with Crippen LogP contribution in [0.3, 0.4) is 0 Å². The van der Waals surface area contributed by atoms with Crippen molar-refractivity contribution >= 4 is 40.6 Å². The van der Waals surface area contributed by atoms with E-state index in [2.05, 4.69) is 15.6 Å². The van der Waals surface area contributed by atoms with E-state index in [0.29, 0.717) is 22.5 Å². The van der Waals surface area contributed by atoms with Crippen LogP contribution in [0.25, 0.3) is 5.69 Å². The van der Waals surface area contributed by atoms with Gasteiger partial charge < -0.3 is 4.90 Å². The fraction of sp³-hybridized carbons (Fsp3) is 0.235. The molecule has 1 amide bonds. The standard InChI is InChI=1S/C17H17ClN4OS2/c1-12-3-4-14(7-15(12)18)22-11-19-20-17(22)25-10-16(23)21(2)8-13-5-6-24-9-13/h3-7,9,11H,8,10H2,1-2H3. The minimum atomic E-state index is 0.0488. The summed E-state index contributed by atoms with van der Waals surface area (Å²) >= 11 is 9.20. The van der Waals surface area contributed by atoms with Crippen LogP contribution in [0.2, 0.25) is 5.02 Å². The highest BCUT2D eigenvalue weighted by Gasteiger charge is 2.14. The van der Waals surface area contributed by atoms with E-state index in [1.165, 1.54) is 11.8 Å². The molecule has 3 rings (SSSR count). The summed E-state index contributed by atoms with van der Waals surface area (Å²) in [5, 5.41) is 13.5. The first-order valence-electron chi connectivity index (χ1n) is 7.59. The largest absolute Gasteiger partial charge is 0.341 e. The Labute approximate surface area is 159 Å². The van der Waals surface area contributed by atoms with Crippen LogP contribution in [-0.4, -0.2) is 38.4 Å². The first-order chi connectivity index (χ1) is 12.0. The molecule has 0 saturated carbocycles. The Bertz CT molecular complexity index is 863. The Morgan fingerprint density at radius 2 is 2.24 bits per heavy atom. The van der Waals surface area contributed by atoms with Crippen LogP contribution < -0.4 is 0 Å². The number of amides is 1. The van der Waals surface area contributed by atoms with Gasteiger partial charge in [0.1, 0.15) is 6.33 Å². The molecule has 0 unspecified atom stereocenters. The summed E-state index contributed by atoms with van der Waals surface area (Å²) in [4.78, 5) is 14.1. The Morgan fingerprint density at radius 1 is 1.40 bits per heavy atom. The van der Waals surface area contributed by atoms with Gasteiger partial charge in [-0.25, -0.2) is 0 Å². The summed E-state index contributed by atoms with van der Waals surface area (Å²) in [6.07, 6.45) is 1.63. The van der Waals surface area contributed by atoms with Gasteiger partial charge in [-0.15, -0.1) is 10.2 Å². The van der Waals surface area contributed by atoms with E-state index in [1.54, 1.807) is 22.6 Å². The fourth-order valence-electron chi connectivity index (χ4n) is 2.21. The van der Waals surface area contributed by atoms with Gasteiger partial charge in [-0.2, -0.15) is 11.3 Å². The Morgan fingerprint density at radius 3 is 2.96 bits per heavy atom. The predicted octanol–water partition coefficient (Wildman–Crippen LogP) is 4.04. The molecule has 3 aromatic rings. The second kappa shape index (κ2) is 8.03. The van der Waals surface area contributed by atoms with Gasteiger partial charge in [-0.3, -0.25) is 9.36 Å². The molecule has 5 nitrogen and oxygen atoms in total. The molecular weight excluding hydrogens is 376 g/mol. The maximum atomic E-state index is 12.3. The van der Waals surface area contributed by atoms with E-state index < -0.39 is 0 Å². The zero-order chi connectivity index (χ0) is 17.8. The van der Waals surface area contributed by atoms with Gasteiger partial charge in [0.2, 0.25) is 5.91 Å². The smallest absolute Gasteiger partial charge is 0.233 e. The van der Waals surface area contributed by atoms with Crippen LogP contribution >= 0.6 is 34.7 Å². The van der Waals surface area contributed by atoms with Crippen LogP contribution in [0.5, 0.6) is 0 Å². The number of carbonyl (C=O) groups excluding carboxylic acids is 1. The molecule has 0 radical (unpaired) electrons. The third-order valence-corrected chi connectivity index (χ3v) is 5.77. The van der Waals surface area contributed by atoms with E-state index in [1.807, 2.05) is 48.2 Å². The third-order valence-electron chi connectivity index (χ3n) is 3.70. The van der Waals surface area contributed by atoms with Crippen molar-refractivity contribution in [3.63, 3.8) is 0 Å². The highest BCUT2D eigenvalue weighted by Crippen LogP contribution is 2.24. The van der Waals surface area contributed by atoms with Gasteiger partial charge in [-0.1, -0.05) is 29.4 Å². The summed E-state index contributed by atoms with van der Waals surface area (Å²) in [5.41, 5.74) is 3.03. The zero-order valence-electron chi connectivity index (χ0n) is 13.8. The van der Waals surface area contributed by atoms with Crippen molar-refractivity contribution in [2.45, 2.75) is 18.6 Å². The average molecular weight is 393 g/mol. The maximum absolute atomic E-state index is 12.3. The Hall–Kier alpha value is -1.83. The van der Waals surface area contributed by atoms with Gasteiger partial charge in [0.25, 0.3) is 0 Å². The van der Waals surface area contributed by atoms with Crippen LogP contribution in [0, 0.1) is 6.92 Å². The number of halogens is 1. The molecule has 0 N–H and O–H groups in total. The molecule has 0 bridgehead atoms. The first kappa shape index (κ1) is 18.0. The van der Waals surface area contributed by atoms with E-state index in [0.717, 1.165) is 16.8 Å². The van der Waals surface area contributed by atoms with Gasteiger partial charge in [-0.05, 0) is 47.0 Å². The van der Waals surface area contributed by atoms with Crippen LogP contribution in [0.1, 0.15) is 11.1 Å². The number of rotatable bonds is 6. The lowest BCUT2D eigenvalue weighted by Crippen LogP contribution is -2.27. The van der Waals surface area contributed by atoms with Crippen LogP contribution in [0.15, 0.2) is 46.5 Å². The van der Waals surface area contributed by atoms with Crippen molar-refractivity contribution in [2.75, 3.05) is 12.8 Å². The minimum absolute atomic E-state index is 0.0488. The lowest BCUT2D eigenvalue weighted by Gasteiger charge is -2.16. The molecule has 0 aliphatic rings. The number of hydrogen-bond acceptors (Lipinski definition) is 5. The topological polar surface area (TPSA) is 51.0 Å². The van der Waals surface area contributed by atoms with Crippen molar-refractivity contribution in [3.05, 3.63) is 57.5 Å². The number of carbonyl (C=O) groups is 1. The fourth-order valence-corrected chi connectivity index (χ4v) is 3.92. The monoisotopic (exact) mass is 392 g/mol. The number of thioether (sulfide) groups is 1. The minimum Gasteiger partial charge on any atom is -0.341 e. The number of nitrogens with zero attached hydrogens (tertiary/aromatic N) is 4. The van der Waals surface area contributed by atoms with Crippen molar-refractivity contribution in [1.82, 2.24) is 19.7 Å². The molecule has 0 saturated heterocycles. The average Bonchev–Trinajstić information content (AvgIpc) is 3.26. The maximum Gasteiger partial charge on any atom is 0.233 e. The molecule has 1 aromatic carbocycles. The summed E-state index contributed by atoms with van der Waals surface area (Å²) in [6, 6.07) is 7.80. The second-order valence-electron chi connectivity index (χ2n) is 5.59. The summed E-state index contributed by atoms with van der Waals surface area (Å²) in [6.45, 7) is 2.57. The SMILES string of the molecule is Cc1ccc(-n2cnnc2SCC(=O)N(C)Cc2ccsc2)cc1Cl. The van der Waals surface area contributed by atoms with E-state index in [-0.39, 0.29) is 5.91 Å². The summed E-state index contributed by atoms with van der Waals surface area (Å²) in [7, 11) is 1.81. The van der Waals surface area contributed by atoms with Crippen LogP contribution in [-0.2, 0) is 11.3 Å². The number of hydrogen-bond donors (Lipinski definition) is 0. The molecule has 2 heterocycles. The molecule has 0 spiro atoms. The molecule has 8 heteroatoms. The summed E-state index contributed by atoms with van der Waals surface area (Å²) in [5.74, 6) is 0.353. The molecule has 25 heavy (non-hydrogen) atoms. The normalized spacial score (nSPS) is 10.8. The number of aromatic nitrogens is 3.